The van der Waals surface area contributed by atoms with Crippen LogP contribution in [-0.2, 0) is 14.0 Å². The lowest BCUT2D eigenvalue weighted by atomic mass is 9.73. The summed E-state index contributed by atoms with van der Waals surface area (Å²) in [5, 5.41) is 6.57. The molecule has 5 rings (SSSR count). The number of halogens is 1. The summed E-state index contributed by atoms with van der Waals surface area (Å²) in [6.45, 7) is 9.13. The molecule has 1 atom stereocenters. The van der Waals surface area contributed by atoms with Crippen LogP contribution in [-0.4, -0.2) is 34.7 Å². The second-order valence-electron chi connectivity index (χ2n) is 9.39. The standard InChI is InChI=1S/C21H28BClN2O3/c1-20(2)21(3,4)28-22(27-20)19-14-12-24-25(17-7-5-6-10-26-17)16(14)11-15(23)18(19)13-8-9-13/h11-13,17H,5-10H2,1-4H3. The molecule has 2 saturated heterocycles. The monoisotopic (exact) mass is 402 g/mol. The summed E-state index contributed by atoms with van der Waals surface area (Å²) in [6, 6.07) is 2.06. The van der Waals surface area contributed by atoms with Gasteiger partial charge in [-0.05, 0) is 82.8 Å². The third-order valence-electron chi connectivity index (χ3n) is 6.84. The molecule has 2 aromatic rings. The molecule has 150 valence electrons. The van der Waals surface area contributed by atoms with Crippen molar-refractivity contribution in [2.75, 3.05) is 6.61 Å². The van der Waals surface area contributed by atoms with Crippen molar-refractivity contribution in [2.45, 2.75) is 83.1 Å². The van der Waals surface area contributed by atoms with Crippen LogP contribution >= 0.6 is 11.6 Å². The molecule has 1 aromatic heterocycles. The highest BCUT2D eigenvalue weighted by atomic mass is 35.5. The van der Waals surface area contributed by atoms with Crippen molar-refractivity contribution < 1.29 is 14.0 Å². The summed E-state index contributed by atoms with van der Waals surface area (Å²) >= 11 is 6.84. The van der Waals surface area contributed by atoms with Gasteiger partial charge in [-0.3, -0.25) is 0 Å². The third-order valence-corrected chi connectivity index (χ3v) is 7.15. The Kier molecular flexibility index (Phi) is 4.37. The maximum atomic E-state index is 6.84. The smallest absolute Gasteiger partial charge is 0.399 e. The van der Waals surface area contributed by atoms with Crippen molar-refractivity contribution in [3.8, 4) is 0 Å². The minimum Gasteiger partial charge on any atom is -0.399 e. The molecule has 3 fully saturated rings. The second-order valence-corrected chi connectivity index (χ2v) is 9.80. The largest absolute Gasteiger partial charge is 0.495 e. The molecule has 3 heterocycles. The Morgan fingerprint density at radius 1 is 1.11 bits per heavy atom. The van der Waals surface area contributed by atoms with E-state index in [1.807, 2.05) is 10.9 Å². The average molecular weight is 403 g/mol. The summed E-state index contributed by atoms with van der Waals surface area (Å²) in [5.41, 5.74) is 2.46. The minimum absolute atomic E-state index is 0.0276. The number of nitrogens with zero attached hydrogens (tertiary/aromatic N) is 2. The van der Waals surface area contributed by atoms with Gasteiger partial charge in [0.1, 0.15) is 0 Å². The van der Waals surface area contributed by atoms with E-state index in [1.165, 1.54) is 5.56 Å². The van der Waals surface area contributed by atoms with E-state index in [2.05, 4.69) is 33.8 Å². The molecule has 0 radical (unpaired) electrons. The first-order valence-electron chi connectivity index (χ1n) is 10.5. The van der Waals surface area contributed by atoms with Crippen LogP contribution in [0.25, 0.3) is 10.9 Å². The van der Waals surface area contributed by atoms with E-state index in [0.29, 0.717) is 5.92 Å². The van der Waals surface area contributed by atoms with Gasteiger partial charge in [0, 0.05) is 17.0 Å². The molecule has 3 aliphatic rings. The van der Waals surface area contributed by atoms with Crippen molar-refractivity contribution in [2.24, 2.45) is 0 Å². The maximum absolute atomic E-state index is 6.84. The average Bonchev–Trinajstić information content (AvgIpc) is 3.34. The SMILES string of the molecule is CC1(C)OB(c2c(C3CC3)c(Cl)cc3c2cnn3C2CCCCO2)OC1(C)C. The Morgan fingerprint density at radius 2 is 1.82 bits per heavy atom. The fourth-order valence-corrected chi connectivity index (χ4v) is 4.70. The quantitative estimate of drug-likeness (QED) is 0.706. The molecule has 1 aromatic carbocycles. The molecule has 7 heteroatoms. The Morgan fingerprint density at radius 3 is 2.43 bits per heavy atom. The van der Waals surface area contributed by atoms with Crippen LogP contribution in [0.5, 0.6) is 0 Å². The lowest BCUT2D eigenvalue weighted by Gasteiger charge is -2.32. The highest BCUT2D eigenvalue weighted by Gasteiger charge is 2.53. The molecular formula is C21H28BClN2O3. The van der Waals surface area contributed by atoms with Crippen LogP contribution in [0, 0.1) is 0 Å². The summed E-state index contributed by atoms with van der Waals surface area (Å²) in [7, 11) is -0.438. The van der Waals surface area contributed by atoms with E-state index in [1.54, 1.807) is 0 Å². The van der Waals surface area contributed by atoms with E-state index in [0.717, 1.165) is 60.1 Å². The van der Waals surface area contributed by atoms with E-state index in [-0.39, 0.29) is 6.23 Å². The van der Waals surface area contributed by atoms with E-state index in [9.17, 15) is 0 Å². The summed E-state index contributed by atoms with van der Waals surface area (Å²) in [6.07, 6.45) is 7.49. The van der Waals surface area contributed by atoms with E-state index < -0.39 is 18.3 Å². The van der Waals surface area contributed by atoms with Gasteiger partial charge in [0.15, 0.2) is 6.23 Å². The topological polar surface area (TPSA) is 45.5 Å². The molecule has 0 spiro atoms. The summed E-state index contributed by atoms with van der Waals surface area (Å²) in [4.78, 5) is 0. The Labute approximate surface area is 171 Å². The fraction of sp³-hybridized carbons (Fsp3) is 0.667. The minimum atomic E-state index is -0.438. The number of fused-ring (bicyclic) bond motifs is 1. The molecule has 0 bridgehead atoms. The zero-order chi connectivity index (χ0) is 19.7. The molecule has 1 saturated carbocycles. The number of aromatic nitrogens is 2. The van der Waals surface area contributed by atoms with Crippen molar-refractivity contribution >= 4 is 35.1 Å². The van der Waals surface area contributed by atoms with Crippen molar-refractivity contribution in [1.29, 1.82) is 0 Å². The Hall–Kier alpha value is -1.08. The molecule has 1 unspecified atom stereocenters. The van der Waals surface area contributed by atoms with Gasteiger partial charge in [-0.1, -0.05) is 11.6 Å². The van der Waals surface area contributed by atoms with Gasteiger partial charge >= 0.3 is 7.12 Å². The van der Waals surface area contributed by atoms with Gasteiger partial charge in [-0.2, -0.15) is 5.10 Å². The highest BCUT2D eigenvalue weighted by Crippen LogP contribution is 2.46. The lowest BCUT2D eigenvalue weighted by Crippen LogP contribution is -2.41. The first-order chi connectivity index (χ1) is 13.3. The van der Waals surface area contributed by atoms with Crippen molar-refractivity contribution in [3.63, 3.8) is 0 Å². The lowest BCUT2D eigenvalue weighted by molar-refractivity contribution is -0.0366. The Bertz CT molecular complexity index is 900. The maximum Gasteiger partial charge on any atom is 0.495 e. The first-order valence-corrected chi connectivity index (χ1v) is 10.8. The van der Waals surface area contributed by atoms with Crippen LogP contribution < -0.4 is 5.46 Å². The zero-order valence-electron chi connectivity index (χ0n) is 17.1. The molecular weight excluding hydrogens is 375 g/mol. The van der Waals surface area contributed by atoms with Gasteiger partial charge in [-0.15, -0.1) is 0 Å². The van der Waals surface area contributed by atoms with Crippen LogP contribution in [0.4, 0.5) is 0 Å². The van der Waals surface area contributed by atoms with Crippen LogP contribution in [0.2, 0.25) is 5.02 Å². The summed E-state index contributed by atoms with van der Waals surface area (Å²) < 4.78 is 20.9. The van der Waals surface area contributed by atoms with Crippen LogP contribution in [0.3, 0.4) is 0 Å². The Balaban J connectivity index is 1.66. The zero-order valence-corrected chi connectivity index (χ0v) is 17.9. The van der Waals surface area contributed by atoms with Gasteiger partial charge in [0.25, 0.3) is 0 Å². The normalized spacial score (nSPS) is 26.9. The van der Waals surface area contributed by atoms with Gasteiger partial charge < -0.3 is 14.0 Å². The second kappa shape index (κ2) is 6.46. The third kappa shape index (κ3) is 2.92. The number of hydrogen-bond acceptors (Lipinski definition) is 4. The molecule has 0 N–H and O–H groups in total. The molecule has 28 heavy (non-hydrogen) atoms. The summed E-state index contributed by atoms with van der Waals surface area (Å²) in [5.74, 6) is 0.486. The van der Waals surface area contributed by atoms with E-state index in [4.69, 9.17) is 30.7 Å². The van der Waals surface area contributed by atoms with Gasteiger partial charge in [0.2, 0.25) is 0 Å². The molecule has 2 aliphatic heterocycles. The van der Waals surface area contributed by atoms with Gasteiger partial charge in [-0.25, -0.2) is 4.68 Å². The highest BCUT2D eigenvalue weighted by molar-refractivity contribution is 6.66. The first kappa shape index (κ1) is 18.9. The number of hydrogen-bond donors (Lipinski definition) is 0. The molecule has 0 amide bonds. The molecule has 1 aliphatic carbocycles. The van der Waals surface area contributed by atoms with Crippen LogP contribution in [0.15, 0.2) is 12.3 Å². The number of ether oxygens (including phenoxy) is 1. The molecule has 5 nitrogen and oxygen atoms in total. The van der Waals surface area contributed by atoms with Crippen molar-refractivity contribution in [3.05, 3.63) is 22.8 Å². The predicted octanol–water partition coefficient (Wildman–Crippen LogP) is 4.57. The van der Waals surface area contributed by atoms with Crippen LogP contribution in [0.1, 0.15) is 77.5 Å². The number of benzene rings is 1. The van der Waals surface area contributed by atoms with Gasteiger partial charge in [0.05, 0.1) is 22.9 Å². The van der Waals surface area contributed by atoms with E-state index >= 15 is 0 Å². The fourth-order valence-electron chi connectivity index (χ4n) is 4.34. The predicted molar refractivity (Wildman–Crippen MR) is 111 cm³/mol. The van der Waals surface area contributed by atoms with Crippen molar-refractivity contribution in [1.82, 2.24) is 9.78 Å². The number of rotatable bonds is 3.